The minimum absolute atomic E-state index is 0.0278. The summed E-state index contributed by atoms with van der Waals surface area (Å²) < 4.78 is 10.6. The SMILES string of the molecule is COc1ccc2c(CC(=O)N3CC[C@@H](O)C3)coc2c1. The van der Waals surface area contributed by atoms with Crippen molar-refractivity contribution in [2.75, 3.05) is 20.2 Å². The number of furan rings is 1. The number of carbonyl (C=O) groups is 1. The molecule has 0 radical (unpaired) electrons. The second-order valence-corrected chi connectivity index (χ2v) is 5.08. The van der Waals surface area contributed by atoms with E-state index in [-0.39, 0.29) is 12.0 Å². The minimum Gasteiger partial charge on any atom is -0.497 e. The number of benzene rings is 1. The number of β-amino-alcohol motifs (C(OH)–C–C–N with tert-alkyl or cyclic N) is 1. The monoisotopic (exact) mass is 275 g/mol. The predicted molar refractivity (Wildman–Crippen MR) is 73.7 cm³/mol. The van der Waals surface area contributed by atoms with Gasteiger partial charge in [-0.05, 0) is 18.6 Å². The number of hydrogen-bond donors (Lipinski definition) is 1. The van der Waals surface area contributed by atoms with Gasteiger partial charge >= 0.3 is 0 Å². The van der Waals surface area contributed by atoms with Gasteiger partial charge in [0.25, 0.3) is 0 Å². The molecule has 1 aromatic carbocycles. The molecule has 0 spiro atoms. The summed E-state index contributed by atoms with van der Waals surface area (Å²) in [5.74, 6) is 0.757. The summed E-state index contributed by atoms with van der Waals surface area (Å²) in [6.07, 6.45) is 2.19. The fraction of sp³-hybridized carbons (Fsp3) is 0.400. The summed E-state index contributed by atoms with van der Waals surface area (Å²) in [5, 5.41) is 10.4. The van der Waals surface area contributed by atoms with Crippen molar-refractivity contribution in [3.8, 4) is 5.75 Å². The molecular weight excluding hydrogens is 258 g/mol. The maximum absolute atomic E-state index is 12.2. The normalized spacial score (nSPS) is 18.7. The smallest absolute Gasteiger partial charge is 0.227 e. The molecule has 2 heterocycles. The van der Waals surface area contributed by atoms with Crippen LogP contribution in [0.4, 0.5) is 0 Å². The third-order valence-corrected chi connectivity index (χ3v) is 3.72. The van der Waals surface area contributed by atoms with Crippen LogP contribution in [0.1, 0.15) is 12.0 Å². The van der Waals surface area contributed by atoms with Crippen LogP contribution in [-0.4, -0.2) is 42.2 Å². The van der Waals surface area contributed by atoms with Gasteiger partial charge < -0.3 is 19.2 Å². The van der Waals surface area contributed by atoms with E-state index in [4.69, 9.17) is 9.15 Å². The van der Waals surface area contributed by atoms with Gasteiger partial charge in [0.15, 0.2) is 0 Å². The fourth-order valence-corrected chi connectivity index (χ4v) is 2.57. The molecular formula is C15H17NO4. The third-order valence-electron chi connectivity index (χ3n) is 3.72. The van der Waals surface area contributed by atoms with E-state index in [9.17, 15) is 9.90 Å². The van der Waals surface area contributed by atoms with E-state index in [0.717, 1.165) is 16.7 Å². The van der Waals surface area contributed by atoms with Crippen LogP contribution in [0.5, 0.6) is 5.75 Å². The maximum Gasteiger partial charge on any atom is 0.227 e. The van der Waals surface area contributed by atoms with Crippen LogP contribution in [0.25, 0.3) is 11.0 Å². The Hall–Kier alpha value is -2.01. The number of aliphatic hydroxyl groups excluding tert-OH is 1. The zero-order valence-electron chi connectivity index (χ0n) is 11.3. The van der Waals surface area contributed by atoms with E-state index < -0.39 is 0 Å². The van der Waals surface area contributed by atoms with Gasteiger partial charge in [-0.15, -0.1) is 0 Å². The van der Waals surface area contributed by atoms with Crippen LogP contribution in [-0.2, 0) is 11.2 Å². The lowest BCUT2D eigenvalue weighted by molar-refractivity contribution is -0.129. The molecule has 20 heavy (non-hydrogen) atoms. The van der Waals surface area contributed by atoms with Gasteiger partial charge in [-0.1, -0.05) is 0 Å². The quantitative estimate of drug-likeness (QED) is 0.923. The average Bonchev–Trinajstić information content (AvgIpc) is 3.05. The van der Waals surface area contributed by atoms with Crippen LogP contribution >= 0.6 is 0 Å². The molecule has 2 aromatic rings. The Morgan fingerprint density at radius 2 is 2.40 bits per heavy atom. The third kappa shape index (κ3) is 2.36. The van der Waals surface area contributed by atoms with Crippen LogP contribution in [0.2, 0.25) is 0 Å². The maximum atomic E-state index is 12.2. The molecule has 1 aliphatic heterocycles. The van der Waals surface area contributed by atoms with Crippen molar-refractivity contribution in [3.05, 3.63) is 30.0 Å². The first-order valence-electron chi connectivity index (χ1n) is 6.67. The highest BCUT2D eigenvalue weighted by molar-refractivity contribution is 5.88. The fourth-order valence-electron chi connectivity index (χ4n) is 2.57. The van der Waals surface area contributed by atoms with E-state index in [1.807, 2.05) is 18.2 Å². The summed E-state index contributed by atoms with van der Waals surface area (Å²) in [4.78, 5) is 13.9. The summed E-state index contributed by atoms with van der Waals surface area (Å²) in [6.45, 7) is 1.06. The van der Waals surface area contributed by atoms with Gasteiger partial charge in [-0.3, -0.25) is 4.79 Å². The first-order chi connectivity index (χ1) is 9.67. The van der Waals surface area contributed by atoms with Crippen LogP contribution in [0.3, 0.4) is 0 Å². The number of aliphatic hydroxyl groups is 1. The molecule has 1 aliphatic rings. The topological polar surface area (TPSA) is 62.9 Å². The van der Waals surface area contributed by atoms with Crippen molar-refractivity contribution in [2.45, 2.75) is 18.9 Å². The Morgan fingerprint density at radius 1 is 1.55 bits per heavy atom. The number of rotatable bonds is 3. The summed E-state index contributed by atoms with van der Waals surface area (Å²) in [6, 6.07) is 5.56. The van der Waals surface area contributed by atoms with Gasteiger partial charge in [-0.25, -0.2) is 0 Å². The van der Waals surface area contributed by atoms with Crippen LogP contribution in [0, 0.1) is 0 Å². The molecule has 1 fully saturated rings. The molecule has 0 saturated carbocycles. The van der Waals surface area contributed by atoms with Gasteiger partial charge in [0.05, 0.1) is 25.9 Å². The Labute approximate surface area is 116 Å². The molecule has 0 bridgehead atoms. The first kappa shape index (κ1) is 13.0. The summed E-state index contributed by atoms with van der Waals surface area (Å²) >= 11 is 0. The van der Waals surface area contributed by atoms with Gasteiger partial charge in [0.1, 0.15) is 11.3 Å². The van der Waals surface area contributed by atoms with Crippen molar-refractivity contribution in [3.63, 3.8) is 0 Å². The van der Waals surface area contributed by atoms with E-state index in [1.165, 1.54) is 0 Å². The number of fused-ring (bicyclic) bond motifs is 1. The minimum atomic E-state index is -0.385. The highest BCUT2D eigenvalue weighted by Crippen LogP contribution is 2.26. The van der Waals surface area contributed by atoms with Crippen molar-refractivity contribution in [1.82, 2.24) is 4.90 Å². The molecule has 1 N–H and O–H groups in total. The van der Waals surface area contributed by atoms with Gasteiger partial charge in [-0.2, -0.15) is 0 Å². The highest BCUT2D eigenvalue weighted by atomic mass is 16.5. The summed E-state index contributed by atoms with van der Waals surface area (Å²) in [7, 11) is 1.60. The molecule has 1 amide bonds. The molecule has 3 rings (SSSR count). The zero-order chi connectivity index (χ0) is 14.1. The predicted octanol–water partition coefficient (Wildman–Crippen LogP) is 1.58. The van der Waals surface area contributed by atoms with Crippen molar-refractivity contribution in [2.24, 2.45) is 0 Å². The second kappa shape index (κ2) is 5.17. The largest absolute Gasteiger partial charge is 0.497 e. The van der Waals surface area contributed by atoms with E-state index in [2.05, 4.69) is 0 Å². The van der Waals surface area contributed by atoms with Crippen LogP contribution in [0.15, 0.2) is 28.9 Å². The molecule has 0 aliphatic carbocycles. The Bertz CT molecular complexity index is 634. The summed E-state index contributed by atoms with van der Waals surface area (Å²) in [5.41, 5.74) is 1.59. The lowest BCUT2D eigenvalue weighted by Gasteiger charge is -2.14. The highest BCUT2D eigenvalue weighted by Gasteiger charge is 2.25. The Kier molecular flexibility index (Phi) is 3.36. The number of methoxy groups -OCH3 is 1. The van der Waals surface area contributed by atoms with Crippen molar-refractivity contribution in [1.29, 1.82) is 0 Å². The average molecular weight is 275 g/mol. The number of hydrogen-bond acceptors (Lipinski definition) is 4. The lowest BCUT2D eigenvalue weighted by Crippen LogP contribution is -2.30. The Balaban J connectivity index is 1.79. The van der Waals surface area contributed by atoms with Crippen LogP contribution < -0.4 is 4.74 Å². The van der Waals surface area contributed by atoms with Crippen molar-refractivity contribution < 1.29 is 19.1 Å². The molecule has 1 atom stereocenters. The zero-order valence-corrected chi connectivity index (χ0v) is 11.3. The molecule has 0 unspecified atom stereocenters. The Morgan fingerprint density at radius 3 is 3.10 bits per heavy atom. The molecule has 1 aromatic heterocycles. The molecule has 106 valence electrons. The first-order valence-corrected chi connectivity index (χ1v) is 6.67. The number of ether oxygens (including phenoxy) is 1. The number of likely N-dealkylation sites (tertiary alicyclic amines) is 1. The van der Waals surface area contributed by atoms with Crippen molar-refractivity contribution >= 4 is 16.9 Å². The molecule has 5 nitrogen and oxygen atoms in total. The number of nitrogens with zero attached hydrogens (tertiary/aromatic N) is 1. The van der Waals surface area contributed by atoms with Gasteiger partial charge in [0.2, 0.25) is 5.91 Å². The standard InChI is InChI=1S/C15H17NO4/c1-19-12-2-3-13-10(9-20-14(13)7-12)6-15(18)16-5-4-11(17)8-16/h2-3,7,9,11,17H,4-6,8H2,1H3/t11-/m1/s1. The van der Waals surface area contributed by atoms with E-state index >= 15 is 0 Å². The number of amides is 1. The van der Waals surface area contributed by atoms with E-state index in [1.54, 1.807) is 18.3 Å². The second-order valence-electron chi connectivity index (χ2n) is 5.08. The van der Waals surface area contributed by atoms with E-state index in [0.29, 0.717) is 31.5 Å². The lowest BCUT2D eigenvalue weighted by atomic mass is 10.1. The molecule has 5 heteroatoms. The van der Waals surface area contributed by atoms with Gasteiger partial charge in [0, 0.05) is 30.1 Å². The number of carbonyl (C=O) groups excluding carboxylic acids is 1. The molecule has 1 saturated heterocycles.